The Kier molecular flexibility index (Phi) is 16.2. The fourth-order valence-electron chi connectivity index (χ4n) is 3.51. The lowest BCUT2D eigenvalue weighted by Gasteiger charge is -2.27. The Hall–Kier alpha value is 0.170. The summed E-state index contributed by atoms with van der Waals surface area (Å²) in [7, 11) is -0.735. The van der Waals surface area contributed by atoms with Crippen molar-refractivity contribution in [1.29, 1.82) is 0 Å². The minimum Gasteiger partial charge on any atom is -0.0995 e. The molecule has 0 aliphatic rings. The second kappa shape index (κ2) is 16.0. The van der Waals surface area contributed by atoms with E-state index in [1.807, 2.05) is 0 Å². The van der Waals surface area contributed by atoms with Crippen LogP contribution in [0.15, 0.2) is 12.7 Å². The Morgan fingerprint density at radius 1 is 0.591 bits per heavy atom. The fraction of sp³-hybridized carbons (Fsp3) is 0.905. The van der Waals surface area contributed by atoms with Gasteiger partial charge in [-0.1, -0.05) is 72.0 Å². The van der Waals surface area contributed by atoms with Gasteiger partial charge in [-0.25, -0.2) is 0 Å². The second-order valence-electron chi connectivity index (χ2n) is 7.17. The molecular formula is C21H44P+. The molecule has 0 fully saturated rings. The largest absolute Gasteiger partial charge is 0.0995 e. The van der Waals surface area contributed by atoms with Gasteiger partial charge in [-0.05, 0) is 38.5 Å². The van der Waals surface area contributed by atoms with Crippen molar-refractivity contribution in [2.75, 3.05) is 24.6 Å². The van der Waals surface area contributed by atoms with Gasteiger partial charge in [-0.2, -0.15) is 0 Å². The summed E-state index contributed by atoms with van der Waals surface area (Å²) >= 11 is 0. The number of hydrogen-bond acceptors (Lipinski definition) is 0. The maximum atomic E-state index is 4.11. The van der Waals surface area contributed by atoms with Crippen molar-refractivity contribution in [2.45, 2.75) is 97.8 Å². The highest BCUT2D eigenvalue weighted by Gasteiger charge is 2.34. The van der Waals surface area contributed by atoms with Crippen LogP contribution in [0.25, 0.3) is 0 Å². The fourth-order valence-corrected chi connectivity index (χ4v) is 7.95. The molecule has 0 amide bonds. The van der Waals surface area contributed by atoms with Gasteiger partial charge >= 0.3 is 0 Å². The summed E-state index contributed by atoms with van der Waals surface area (Å²) in [5, 5.41) is 0. The monoisotopic (exact) mass is 327 g/mol. The summed E-state index contributed by atoms with van der Waals surface area (Å²) in [6, 6.07) is 0. The van der Waals surface area contributed by atoms with E-state index in [0.29, 0.717) is 0 Å². The first kappa shape index (κ1) is 22.2. The van der Waals surface area contributed by atoms with Crippen LogP contribution in [0.4, 0.5) is 0 Å². The summed E-state index contributed by atoms with van der Waals surface area (Å²) in [4.78, 5) is 0. The minimum atomic E-state index is -0.735. The zero-order chi connectivity index (χ0) is 16.5. The molecule has 0 aromatic rings. The predicted molar refractivity (Wildman–Crippen MR) is 109 cm³/mol. The van der Waals surface area contributed by atoms with Gasteiger partial charge in [0.05, 0.1) is 24.6 Å². The maximum absolute atomic E-state index is 4.11. The van der Waals surface area contributed by atoms with Crippen molar-refractivity contribution in [3.05, 3.63) is 12.7 Å². The van der Waals surface area contributed by atoms with E-state index in [-0.39, 0.29) is 0 Å². The molecule has 0 aliphatic carbocycles. The average molecular weight is 328 g/mol. The van der Waals surface area contributed by atoms with Gasteiger partial charge in [-0.15, -0.1) is 0 Å². The molecule has 0 aliphatic heterocycles. The first-order valence-electron chi connectivity index (χ1n) is 10.2. The van der Waals surface area contributed by atoms with E-state index in [1.54, 1.807) is 18.5 Å². The SMILES string of the molecule is C=CC[P+](CCCCCC)(CCCCCC)CCCCCC. The van der Waals surface area contributed by atoms with Crippen LogP contribution in [0.1, 0.15) is 97.8 Å². The normalized spacial score (nSPS) is 11.8. The lowest BCUT2D eigenvalue weighted by atomic mass is 10.2. The van der Waals surface area contributed by atoms with Crippen LogP contribution in [0.3, 0.4) is 0 Å². The number of hydrogen-bond donors (Lipinski definition) is 0. The van der Waals surface area contributed by atoms with Gasteiger partial charge < -0.3 is 0 Å². The van der Waals surface area contributed by atoms with E-state index in [2.05, 4.69) is 33.4 Å². The highest BCUT2D eigenvalue weighted by Crippen LogP contribution is 2.60. The third-order valence-electron chi connectivity index (χ3n) is 4.97. The summed E-state index contributed by atoms with van der Waals surface area (Å²) in [5.41, 5.74) is 0. The first-order chi connectivity index (χ1) is 10.7. The van der Waals surface area contributed by atoms with Gasteiger partial charge in [0.15, 0.2) is 0 Å². The van der Waals surface area contributed by atoms with E-state index in [0.717, 1.165) is 0 Å². The molecule has 0 nitrogen and oxygen atoms in total. The lowest BCUT2D eigenvalue weighted by molar-refractivity contribution is 0.683. The molecule has 132 valence electrons. The minimum absolute atomic E-state index is 0.735. The Morgan fingerprint density at radius 3 is 1.23 bits per heavy atom. The molecule has 0 atom stereocenters. The average Bonchev–Trinajstić information content (AvgIpc) is 2.53. The molecule has 0 heterocycles. The third-order valence-corrected chi connectivity index (χ3v) is 9.80. The van der Waals surface area contributed by atoms with Gasteiger partial charge in [0.25, 0.3) is 0 Å². The second-order valence-corrected chi connectivity index (χ2v) is 11.6. The van der Waals surface area contributed by atoms with Crippen LogP contribution in [-0.4, -0.2) is 24.6 Å². The highest BCUT2D eigenvalue weighted by atomic mass is 31.2. The van der Waals surface area contributed by atoms with E-state index < -0.39 is 7.26 Å². The molecule has 0 aromatic carbocycles. The molecule has 0 unspecified atom stereocenters. The van der Waals surface area contributed by atoms with Crippen LogP contribution in [0.5, 0.6) is 0 Å². The number of unbranched alkanes of at least 4 members (excludes halogenated alkanes) is 9. The Balaban J connectivity index is 4.43. The van der Waals surface area contributed by atoms with Crippen LogP contribution in [-0.2, 0) is 0 Å². The topological polar surface area (TPSA) is 0 Å². The van der Waals surface area contributed by atoms with E-state index in [4.69, 9.17) is 0 Å². The van der Waals surface area contributed by atoms with E-state index in [1.165, 1.54) is 83.2 Å². The molecule has 0 N–H and O–H groups in total. The standard InChI is InChI=1S/C21H44P/c1-5-9-12-15-19-22(18-8-4,20-16-13-10-6-2)21-17-14-11-7-3/h8H,4-7,9-21H2,1-3H3/q+1. The molecular weight excluding hydrogens is 283 g/mol. The summed E-state index contributed by atoms with van der Waals surface area (Å²) < 4.78 is 0. The predicted octanol–water partition coefficient (Wildman–Crippen LogP) is 7.93. The number of allylic oxidation sites excluding steroid dienone is 1. The van der Waals surface area contributed by atoms with E-state index in [9.17, 15) is 0 Å². The maximum Gasteiger partial charge on any atom is 0.0771 e. The van der Waals surface area contributed by atoms with Crippen LogP contribution in [0, 0.1) is 0 Å². The molecule has 0 radical (unpaired) electrons. The van der Waals surface area contributed by atoms with Crippen LogP contribution < -0.4 is 0 Å². The molecule has 0 saturated carbocycles. The Bertz CT molecular complexity index is 203. The smallest absolute Gasteiger partial charge is 0.0771 e. The Morgan fingerprint density at radius 2 is 0.955 bits per heavy atom. The lowest BCUT2D eigenvalue weighted by Crippen LogP contribution is -2.12. The van der Waals surface area contributed by atoms with Crippen molar-refractivity contribution in [2.24, 2.45) is 0 Å². The Labute approximate surface area is 142 Å². The molecule has 0 spiro atoms. The zero-order valence-electron chi connectivity index (χ0n) is 16.0. The third kappa shape index (κ3) is 11.7. The van der Waals surface area contributed by atoms with Crippen molar-refractivity contribution in [1.82, 2.24) is 0 Å². The van der Waals surface area contributed by atoms with Gasteiger partial charge in [0, 0.05) is 7.26 Å². The summed E-state index contributed by atoms with van der Waals surface area (Å²) in [5.74, 6) is 0. The van der Waals surface area contributed by atoms with Crippen LogP contribution in [0.2, 0.25) is 0 Å². The van der Waals surface area contributed by atoms with Gasteiger partial charge in [0.2, 0.25) is 0 Å². The first-order valence-corrected chi connectivity index (χ1v) is 12.7. The molecule has 0 aromatic heterocycles. The molecule has 0 rings (SSSR count). The van der Waals surface area contributed by atoms with Crippen molar-refractivity contribution >= 4 is 7.26 Å². The summed E-state index contributed by atoms with van der Waals surface area (Å²) in [6.45, 7) is 11.1. The quantitative estimate of drug-likeness (QED) is 0.144. The molecule has 1 heteroatoms. The van der Waals surface area contributed by atoms with E-state index >= 15 is 0 Å². The van der Waals surface area contributed by atoms with Crippen LogP contribution >= 0.6 is 7.26 Å². The van der Waals surface area contributed by atoms with Crippen molar-refractivity contribution < 1.29 is 0 Å². The highest BCUT2D eigenvalue weighted by molar-refractivity contribution is 7.76. The molecule has 0 saturated heterocycles. The number of rotatable bonds is 17. The van der Waals surface area contributed by atoms with Crippen molar-refractivity contribution in [3.63, 3.8) is 0 Å². The van der Waals surface area contributed by atoms with Crippen molar-refractivity contribution in [3.8, 4) is 0 Å². The van der Waals surface area contributed by atoms with Gasteiger partial charge in [0.1, 0.15) is 0 Å². The van der Waals surface area contributed by atoms with Gasteiger partial charge in [-0.3, -0.25) is 0 Å². The zero-order valence-corrected chi connectivity index (χ0v) is 16.9. The molecule has 0 bridgehead atoms. The molecule has 22 heavy (non-hydrogen) atoms. The summed E-state index contributed by atoms with van der Waals surface area (Å²) in [6.07, 6.45) is 25.5.